The molecule has 0 saturated carbocycles. The van der Waals surface area contributed by atoms with E-state index < -0.39 is 74.2 Å². The molecule has 13 heteroatoms. The van der Waals surface area contributed by atoms with E-state index in [4.69, 9.17) is 14.7 Å². The van der Waals surface area contributed by atoms with Crippen LogP contribution < -0.4 is 5.32 Å². The van der Waals surface area contributed by atoms with Gasteiger partial charge in [-0.1, -0.05) is 173 Å². The average Bonchev–Trinajstić information content (AvgIpc) is 3.27. The largest absolute Gasteiger partial charge is 0.394 e. The number of ether oxygens (including phenoxy) is 2. The zero-order valence-corrected chi connectivity index (χ0v) is 38.9. The molecule has 1 heterocycles. The summed E-state index contributed by atoms with van der Waals surface area (Å²) in [5, 5.41) is 84.9. The second kappa shape index (κ2) is 39.8. The molecule has 1 unspecified atom stereocenters. The van der Waals surface area contributed by atoms with Crippen LogP contribution in [0.4, 0.5) is 0 Å². The third-order valence-corrected chi connectivity index (χ3v) is 12.2. The summed E-state index contributed by atoms with van der Waals surface area (Å²) in [6, 6.07) is -1.19. The molecule has 366 valence electrons. The number of carbonyl (C=O) groups is 1. The smallest absolute Gasteiger partial charge is 0.249 e. The van der Waals surface area contributed by atoms with Crippen LogP contribution in [-0.4, -0.2) is 121 Å². The van der Waals surface area contributed by atoms with Crippen molar-refractivity contribution in [1.82, 2.24) is 5.32 Å². The summed E-state index contributed by atoms with van der Waals surface area (Å²) >= 11 is 0. The molecule has 1 aliphatic rings. The van der Waals surface area contributed by atoms with E-state index in [1.807, 2.05) is 6.08 Å². The number of aliphatic hydroxyl groups is 7. The Balaban J connectivity index is 2.43. The van der Waals surface area contributed by atoms with E-state index in [9.17, 15) is 40.5 Å². The number of unbranched alkanes of at least 4 members (excludes halogenated alkanes) is 23. The zero-order valence-electron chi connectivity index (χ0n) is 38.9. The molecule has 0 bridgehead atoms. The Morgan fingerprint density at radius 3 is 1.63 bits per heavy atom. The summed E-state index contributed by atoms with van der Waals surface area (Å²) in [6.45, 7) is 3.33. The molecular formula is C49H93NO12. The predicted octanol–water partition coefficient (Wildman–Crippen LogP) is 8.08. The van der Waals surface area contributed by atoms with Gasteiger partial charge >= 0.3 is 0 Å². The van der Waals surface area contributed by atoms with E-state index in [1.165, 1.54) is 83.5 Å². The fraction of sp³-hybridized carbons (Fsp3) is 0.898. The van der Waals surface area contributed by atoms with Crippen molar-refractivity contribution in [1.29, 1.82) is 0 Å². The van der Waals surface area contributed by atoms with Crippen LogP contribution in [0, 0.1) is 0 Å². The predicted molar refractivity (Wildman–Crippen MR) is 245 cm³/mol. The number of rotatable bonds is 42. The number of aliphatic hydroxyl groups excluding tert-OH is 7. The first-order valence-electron chi connectivity index (χ1n) is 25.0. The van der Waals surface area contributed by atoms with Crippen LogP contribution in [-0.2, 0) is 19.2 Å². The molecule has 1 amide bonds. The first-order chi connectivity index (χ1) is 30.1. The van der Waals surface area contributed by atoms with Crippen molar-refractivity contribution in [2.45, 2.75) is 268 Å². The van der Waals surface area contributed by atoms with E-state index in [0.717, 1.165) is 83.5 Å². The van der Waals surface area contributed by atoms with E-state index in [1.54, 1.807) is 0 Å². The van der Waals surface area contributed by atoms with E-state index in [2.05, 4.69) is 42.3 Å². The standard InChI is InChI=1S/C49H93NO12/c1-3-5-7-9-10-11-12-13-14-17-20-23-27-31-35-41(52)44(54)40(38-60-49-47(57)46(56)45(55)43(37-51)61-49)50-48(58)42(53)36-32-28-24-21-18-15-16-19-22-26-30-34-39(62-59)33-29-25-8-6-4-2/h13-14,29,33,39-47,49,51-57,59H,3-12,15-28,30-32,34-38H2,1-2H3,(H,50,58)/b14-13-,33-29+/t39?,40-,41+,42+,43+,44-,45+,46-,47+,49+/m0/s1. The molecule has 62 heavy (non-hydrogen) atoms. The van der Waals surface area contributed by atoms with Crippen LogP contribution in [0.2, 0.25) is 0 Å². The van der Waals surface area contributed by atoms with Crippen LogP contribution in [0.5, 0.6) is 0 Å². The monoisotopic (exact) mass is 888 g/mol. The minimum Gasteiger partial charge on any atom is -0.394 e. The lowest BCUT2D eigenvalue weighted by Crippen LogP contribution is -2.60. The number of hydrogen-bond acceptors (Lipinski definition) is 12. The fourth-order valence-electron chi connectivity index (χ4n) is 7.94. The van der Waals surface area contributed by atoms with Gasteiger partial charge in [0.2, 0.25) is 5.91 Å². The number of hydrogen-bond donors (Lipinski definition) is 9. The Bertz CT molecular complexity index is 1080. The third-order valence-electron chi connectivity index (χ3n) is 12.2. The average molecular weight is 888 g/mol. The van der Waals surface area contributed by atoms with Crippen molar-refractivity contribution in [3.63, 3.8) is 0 Å². The molecule has 1 fully saturated rings. The van der Waals surface area contributed by atoms with Crippen molar-refractivity contribution >= 4 is 5.91 Å². The highest BCUT2D eigenvalue weighted by atomic mass is 17.1. The van der Waals surface area contributed by atoms with Gasteiger partial charge in [-0.2, -0.15) is 0 Å². The number of allylic oxidation sites excluding steroid dienone is 3. The third kappa shape index (κ3) is 28.4. The van der Waals surface area contributed by atoms with Gasteiger partial charge in [0.15, 0.2) is 6.29 Å². The zero-order chi connectivity index (χ0) is 45.6. The van der Waals surface area contributed by atoms with Crippen LogP contribution in [0.25, 0.3) is 0 Å². The molecule has 0 aromatic rings. The lowest BCUT2D eigenvalue weighted by molar-refractivity contribution is -0.303. The Morgan fingerprint density at radius 2 is 1.08 bits per heavy atom. The van der Waals surface area contributed by atoms with Gasteiger partial charge in [0.25, 0.3) is 0 Å². The molecule has 1 rings (SSSR count). The fourth-order valence-corrected chi connectivity index (χ4v) is 7.94. The van der Waals surface area contributed by atoms with E-state index in [-0.39, 0.29) is 18.9 Å². The van der Waals surface area contributed by atoms with Crippen molar-refractivity contribution in [3.8, 4) is 0 Å². The number of nitrogens with one attached hydrogen (secondary N) is 1. The van der Waals surface area contributed by atoms with Crippen LogP contribution in [0.3, 0.4) is 0 Å². The van der Waals surface area contributed by atoms with Crippen LogP contribution >= 0.6 is 0 Å². The van der Waals surface area contributed by atoms with Gasteiger partial charge in [0.05, 0.1) is 25.4 Å². The molecule has 0 spiro atoms. The molecule has 1 saturated heterocycles. The van der Waals surface area contributed by atoms with Gasteiger partial charge in [0.1, 0.15) is 42.7 Å². The first kappa shape index (κ1) is 58.5. The van der Waals surface area contributed by atoms with Gasteiger partial charge in [-0.15, -0.1) is 0 Å². The number of carbonyl (C=O) groups excluding carboxylic acids is 1. The first-order valence-corrected chi connectivity index (χ1v) is 25.0. The van der Waals surface area contributed by atoms with E-state index >= 15 is 0 Å². The maximum absolute atomic E-state index is 13.1. The summed E-state index contributed by atoms with van der Waals surface area (Å²) in [5.74, 6) is -0.721. The number of amides is 1. The van der Waals surface area contributed by atoms with Gasteiger partial charge in [-0.05, 0) is 57.8 Å². The second-order valence-electron chi connectivity index (χ2n) is 17.8. The highest BCUT2D eigenvalue weighted by molar-refractivity contribution is 5.80. The highest BCUT2D eigenvalue weighted by Gasteiger charge is 2.44. The molecule has 1 aliphatic heterocycles. The Labute approximate surface area is 375 Å². The second-order valence-corrected chi connectivity index (χ2v) is 17.8. The minimum atomic E-state index is -1.67. The molecule has 0 aromatic carbocycles. The molecule has 0 radical (unpaired) electrons. The topological polar surface area (TPSA) is 219 Å². The lowest BCUT2D eigenvalue weighted by Gasteiger charge is -2.40. The quantitative estimate of drug-likeness (QED) is 0.0123. The molecule has 0 aromatic heterocycles. The van der Waals surface area contributed by atoms with Crippen LogP contribution in [0.15, 0.2) is 24.3 Å². The summed E-state index contributed by atoms with van der Waals surface area (Å²) in [4.78, 5) is 17.7. The van der Waals surface area contributed by atoms with Crippen molar-refractivity contribution in [2.24, 2.45) is 0 Å². The van der Waals surface area contributed by atoms with Crippen molar-refractivity contribution in [3.05, 3.63) is 24.3 Å². The maximum Gasteiger partial charge on any atom is 0.249 e. The maximum atomic E-state index is 13.1. The summed E-state index contributed by atoms with van der Waals surface area (Å²) in [7, 11) is 0. The molecule has 0 aliphatic carbocycles. The SMILES string of the molecule is CCCCC/C=C/C(CCCCCCCCCCCCC[C@@H](O)C(=O)N[C@@H](CO[C@@H]1O[C@H](CO)[C@@H](O)[C@H](O)[C@H]1O)[C@H](O)[C@H](O)CCCCCC/C=C\CCCCCCCC)OO. The molecule has 13 nitrogen and oxygen atoms in total. The summed E-state index contributed by atoms with van der Waals surface area (Å²) < 4.78 is 11.1. The normalized spacial score (nSPS) is 22.0. The van der Waals surface area contributed by atoms with Gasteiger partial charge in [-0.25, -0.2) is 4.89 Å². The van der Waals surface area contributed by atoms with Gasteiger partial charge in [-0.3, -0.25) is 10.1 Å². The van der Waals surface area contributed by atoms with Gasteiger partial charge < -0.3 is 50.5 Å². The minimum absolute atomic E-state index is 0.212. The lowest BCUT2D eigenvalue weighted by atomic mass is 9.98. The molecular weight excluding hydrogens is 795 g/mol. The highest BCUT2D eigenvalue weighted by Crippen LogP contribution is 2.23. The van der Waals surface area contributed by atoms with Crippen LogP contribution in [0.1, 0.15) is 206 Å². The van der Waals surface area contributed by atoms with Crippen molar-refractivity contribution in [2.75, 3.05) is 13.2 Å². The Hall–Kier alpha value is -1.49. The summed E-state index contributed by atoms with van der Waals surface area (Å²) in [5.41, 5.74) is 0. The van der Waals surface area contributed by atoms with Crippen molar-refractivity contribution < 1.29 is 60.2 Å². The Morgan fingerprint density at radius 1 is 0.613 bits per heavy atom. The molecule has 10 atom stereocenters. The van der Waals surface area contributed by atoms with Gasteiger partial charge in [0, 0.05) is 0 Å². The van der Waals surface area contributed by atoms with E-state index in [0.29, 0.717) is 12.8 Å². The molecule has 9 N–H and O–H groups in total. The Kier molecular flexibility index (Phi) is 37.6. The summed E-state index contributed by atoms with van der Waals surface area (Å²) in [6.07, 6.45) is 27.8.